The molecular weight excluding hydrogens is 260 g/mol. The number of nitrogens with one attached hydrogen (secondary N) is 1. The molecule has 0 saturated heterocycles. The molecule has 106 valence electrons. The van der Waals surface area contributed by atoms with E-state index in [2.05, 4.69) is 40.5 Å². The molecule has 1 atom stereocenters. The van der Waals surface area contributed by atoms with Crippen molar-refractivity contribution in [2.45, 2.75) is 13.0 Å². The summed E-state index contributed by atoms with van der Waals surface area (Å²) >= 11 is 0. The lowest BCUT2D eigenvalue weighted by molar-refractivity contribution is 0.639. The van der Waals surface area contributed by atoms with E-state index in [0.717, 1.165) is 22.5 Å². The lowest BCUT2D eigenvalue weighted by atomic mass is 10.1. The van der Waals surface area contributed by atoms with Gasteiger partial charge in [-0.3, -0.25) is 0 Å². The van der Waals surface area contributed by atoms with E-state index in [4.69, 9.17) is 0 Å². The molecule has 3 aromatic rings. The molecule has 0 aliphatic carbocycles. The van der Waals surface area contributed by atoms with Crippen LogP contribution in [0.25, 0.3) is 16.9 Å². The predicted molar refractivity (Wildman–Crippen MR) is 84.3 cm³/mol. The Kier molecular flexibility index (Phi) is 3.79. The van der Waals surface area contributed by atoms with Crippen LogP contribution >= 0.6 is 0 Å². The van der Waals surface area contributed by atoms with Crippen LogP contribution in [0.5, 0.6) is 0 Å². The molecule has 0 fully saturated rings. The number of aromatic nitrogens is 3. The lowest BCUT2D eigenvalue weighted by Crippen LogP contribution is -2.16. The smallest absolute Gasteiger partial charge is 0.158 e. The predicted octanol–water partition coefficient (Wildman–Crippen LogP) is 3.21. The number of rotatable bonds is 4. The minimum Gasteiger partial charge on any atom is -0.313 e. The Bertz CT molecular complexity index is 718. The number of pyridine rings is 1. The maximum atomic E-state index is 4.49. The van der Waals surface area contributed by atoms with Crippen molar-refractivity contribution in [3.05, 3.63) is 66.6 Å². The summed E-state index contributed by atoms with van der Waals surface area (Å²) in [7, 11) is 1.94. The van der Waals surface area contributed by atoms with Gasteiger partial charge < -0.3 is 5.32 Å². The van der Waals surface area contributed by atoms with E-state index < -0.39 is 0 Å². The number of hydrogen-bond acceptors (Lipinski definition) is 3. The van der Waals surface area contributed by atoms with Crippen molar-refractivity contribution in [3.63, 3.8) is 0 Å². The number of hydrogen-bond donors (Lipinski definition) is 1. The molecule has 4 heteroatoms. The zero-order chi connectivity index (χ0) is 14.7. The highest BCUT2D eigenvalue weighted by atomic mass is 15.3. The topological polar surface area (TPSA) is 42.7 Å². The van der Waals surface area contributed by atoms with E-state index in [1.807, 2.05) is 48.4 Å². The standard InChI is InChI=1S/C17H18N4/c1-13(18-2)16-9-6-10-19-17(16)21-12-15(11-20-21)14-7-4-3-5-8-14/h3-13,18H,1-2H3. The minimum atomic E-state index is 0.220. The van der Waals surface area contributed by atoms with Crippen LogP contribution in [0.2, 0.25) is 0 Å². The monoisotopic (exact) mass is 278 g/mol. The summed E-state index contributed by atoms with van der Waals surface area (Å²) < 4.78 is 1.84. The summed E-state index contributed by atoms with van der Waals surface area (Å²) in [5, 5.41) is 7.72. The van der Waals surface area contributed by atoms with Gasteiger partial charge in [0.2, 0.25) is 0 Å². The first kappa shape index (κ1) is 13.5. The molecule has 2 heterocycles. The normalized spacial score (nSPS) is 12.3. The van der Waals surface area contributed by atoms with Crippen LogP contribution in [0.15, 0.2) is 61.1 Å². The summed E-state index contributed by atoms with van der Waals surface area (Å²) in [6.45, 7) is 2.11. The van der Waals surface area contributed by atoms with Crippen LogP contribution in [0.1, 0.15) is 18.5 Å². The van der Waals surface area contributed by atoms with Gasteiger partial charge in [-0.2, -0.15) is 5.10 Å². The molecule has 1 unspecified atom stereocenters. The quantitative estimate of drug-likeness (QED) is 0.797. The van der Waals surface area contributed by atoms with Gasteiger partial charge in [0.25, 0.3) is 0 Å². The van der Waals surface area contributed by atoms with Gasteiger partial charge in [0.05, 0.1) is 6.20 Å². The van der Waals surface area contributed by atoms with E-state index in [0.29, 0.717) is 0 Å². The van der Waals surface area contributed by atoms with Gasteiger partial charge >= 0.3 is 0 Å². The molecule has 0 aliphatic rings. The van der Waals surface area contributed by atoms with E-state index >= 15 is 0 Å². The fourth-order valence-electron chi connectivity index (χ4n) is 2.31. The van der Waals surface area contributed by atoms with Crippen LogP contribution in [0.4, 0.5) is 0 Å². The molecule has 0 saturated carbocycles. The molecule has 0 aliphatic heterocycles. The molecular formula is C17H18N4. The minimum absolute atomic E-state index is 0.220. The number of nitrogens with zero attached hydrogens (tertiary/aromatic N) is 3. The van der Waals surface area contributed by atoms with Crippen molar-refractivity contribution >= 4 is 0 Å². The summed E-state index contributed by atoms with van der Waals surface area (Å²) in [6, 6.07) is 14.5. The van der Waals surface area contributed by atoms with E-state index in [9.17, 15) is 0 Å². The van der Waals surface area contributed by atoms with Crippen LogP contribution < -0.4 is 5.32 Å². The molecule has 2 aromatic heterocycles. The van der Waals surface area contributed by atoms with Crippen molar-refractivity contribution in [2.75, 3.05) is 7.05 Å². The second-order valence-electron chi connectivity index (χ2n) is 4.97. The average Bonchev–Trinajstić information content (AvgIpc) is 3.05. The molecule has 21 heavy (non-hydrogen) atoms. The van der Waals surface area contributed by atoms with Crippen LogP contribution in [0.3, 0.4) is 0 Å². The molecule has 1 N–H and O–H groups in total. The van der Waals surface area contributed by atoms with Gasteiger partial charge in [-0.15, -0.1) is 0 Å². The van der Waals surface area contributed by atoms with Crippen LogP contribution in [-0.4, -0.2) is 21.8 Å². The lowest BCUT2D eigenvalue weighted by Gasteiger charge is -2.14. The Hall–Kier alpha value is -2.46. The van der Waals surface area contributed by atoms with Crippen molar-refractivity contribution in [3.8, 4) is 16.9 Å². The van der Waals surface area contributed by atoms with Gasteiger partial charge in [-0.05, 0) is 25.6 Å². The summed E-state index contributed by atoms with van der Waals surface area (Å²) in [5.41, 5.74) is 3.37. The maximum Gasteiger partial charge on any atom is 0.158 e. The first-order valence-corrected chi connectivity index (χ1v) is 7.02. The zero-order valence-electron chi connectivity index (χ0n) is 12.2. The maximum absolute atomic E-state index is 4.49. The van der Waals surface area contributed by atoms with Gasteiger partial charge in [-0.25, -0.2) is 9.67 Å². The van der Waals surface area contributed by atoms with E-state index in [1.54, 1.807) is 6.20 Å². The van der Waals surface area contributed by atoms with Gasteiger partial charge in [0.1, 0.15) is 0 Å². The average molecular weight is 278 g/mol. The molecule has 0 amide bonds. The zero-order valence-corrected chi connectivity index (χ0v) is 12.2. The summed E-state index contributed by atoms with van der Waals surface area (Å²) in [4.78, 5) is 4.49. The Morgan fingerprint density at radius 3 is 2.62 bits per heavy atom. The Labute approximate surface area is 124 Å². The summed E-state index contributed by atoms with van der Waals surface area (Å²) in [5.74, 6) is 0.863. The second kappa shape index (κ2) is 5.89. The van der Waals surface area contributed by atoms with Crippen molar-refractivity contribution < 1.29 is 0 Å². The van der Waals surface area contributed by atoms with Gasteiger partial charge in [-0.1, -0.05) is 36.4 Å². The summed E-state index contributed by atoms with van der Waals surface area (Å²) in [6.07, 6.45) is 5.69. The van der Waals surface area contributed by atoms with Gasteiger partial charge in [0.15, 0.2) is 5.82 Å². The molecule has 1 aromatic carbocycles. The first-order valence-electron chi connectivity index (χ1n) is 7.02. The number of benzene rings is 1. The van der Waals surface area contributed by atoms with Crippen molar-refractivity contribution in [1.29, 1.82) is 0 Å². The largest absolute Gasteiger partial charge is 0.313 e. The highest BCUT2D eigenvalue weighted by Gasteiger charge is 2.12. The Balaban J connectivity index is 2.01. The Morgan fingerprint density at radius 1 is 1.05 bits per heavy atom. The van der Waals surface area contributed by atoms with Crippen LogP contribution in [-0.2, 0) is 0 Å². The van der Waals surface area contributed by atoms with Crippen molar-refractivity contribution in [1.82, 2.24) is 20.1 Å². The van der Waals surface area contributed by atoms with Gasteiger partial charge in [0, 0.05) is 29.6 Å². The molecule has 3 rings (SSSR count). The van der Waals surface area contributed by atoms with Crippen molar-refractivity contribution in [2.24, 2.45) is 0 Å². The van der Waals surface area contributed by atoms with E-state index in [-0.39, 0.29) is 6.04 Å². The molecule has 0 spiro atoms. The highest BCUT2D eigenvalue weighted by Crippen LogP contribution is 2.22. The first-order chi connectivity index (χ1) is 10.3. The second-order valence-corrected chi connectivity index (χ2v) is 4.97. The molecule has 0 bridgehead atoms. The van der Waals surface area contributed by atoms with Crippen LogP contribution in [0, 0.1) is 0 Å². The third-order valence-electron chi connectivity index (χ3n) is 3.62. The molecule has 0 radical (unpaired) electrons. The Morgan fingerprint density at radius 2 is 1.86 bits per heavy atom. The molecule has 4 nitrogen and oxygen atoms in total. The third-order valence-corrected chi connectivity index (χ3v) is 3.62. The fraction of sp³-hybridized carbons (Fsp3) is 0.176. The SMILES string of the molecule is CNC(C)c1cccnc1-n1cc(-c2ccccc2)cn1. The third kappa shape index (κ3) is 2.71. The van der Waals surface area contributed by atoms with E-state index in [1.165, 1.54) is 0 Å². The fourth-order valence-corrected chi connectivity index (χ4v) is 2.31. The highest BCUT2D eigenvalue weighted by molar-refractivity contribution is 5.62.